The van der Waals surface area contributed by atoms with Gasteiger partial charge < -0.3 is 13.9 Å². The van der Waals surface area contributed by atoms with Crippen LogP contribution in [0, 0.1) is 0 Å². The van der Waals surface area contributed by atoms with Crippen molar-refractivity contribution in [3.05, 3.63) is 46.9 Å². The van der Waals surface area contributed by atoms with E-state index in [-0.39, 0.29) is 59.7 Å². The Morgan fingerprint density at radius 3 is 2.50 bits per heavy atom. The van der Waals surface area contributed by atoms with Crippen LogP contribution in [0.15, 0.2) is 55.4 Å². The second-order valence-electron chi connectivity index (χ2n) is 6.89. The van der Waals surface area contributed by atoms with Crippen LogP contribution in [0.1, 0.15) is 6.92 Å². The maximum atomic E-state index is 13.0. The molecule has 1 aliphatic rings. The normalized spacial score (nSPS) is 15.7. The molecule has 0 unspecified atom stereocenters. The molecule has 2 aromatic carbocycles. The molecule has 1 fully saturated rings. The molecule has 32 heavy (non-hydrogen) atoms. The molecule has 0 radical (unpaired) electrons. The highest BCUT2D eigenvalue weighted by molar-refractivity contribution is 7.92. The molecule has 0 amide bonds. The highest BCUT2D eigenvalue weighted by Crippen LogP contribution is 2.31. The predicted octanol–water partition coefficient (Wildman–Crippen LogP) is 1.34. The Morgan fingerprint density at radius 2 is 1.78 bits per heavy atom. The molecule has 2 N–H and O–H groups in total. The third-order valence-electron chi connectivity index (χ3n) is 4.81. The summed E-state index contributed by atoms with van der Waals surface area (Å²) in [5.41, 5.74) is 0.394. The van der Waals surface area contributed by atoms with Gasteiger partial charge in [0.15, 0.2) is 5.58 Å². The molecule has 0 bridgehead atoms. The molecule has 11 nitrogen and oxygen atoms in total. The zero-order valence-electron chi connectivity index (χ0n) is 17.0. The smallest absolute Gasteiger partial charge is 0.417 e. The molecule has 0 atom stereocenters. The van der Waals surface area contributed by atoms with Crippen LogP contribution < -0.4 is 15.2 Å². The fourth-order valence-electron chi connectivity index (χ4n) is 3.26. The van der Waals surface area contributed by atoms with Crippen LogP contribution >= 0.6 is 0 Å². The van der Waals surface area contributed by atoms with Crippen molar-refractivity contribution in [2.75, 3.05) is 37.6 Å². The van der Waals surface area contributed by atoms with Crippen molar-refractivity contribution in [2.45, 2.75) is 16.7 Å². The molecule has 2 heterocycles. The number of aromatic nitrogens is 1. The second-order valence-corrected chi connectivity index (χ2v) is 10.5. The van der Waals surface area contributed by atoms with Gasteiger partial charge in [0.05, 0.1) is 40.8 Å². The number of nitrogens with zero attached hydrogens (tertiary/aromatic N) is 1. The van der Waals surface area contributed by atoms with Gasteiger partial charge in [-0.25, -0.2) is 21.6 Å². The largest absolute Gasteiger partial charge is 0.492 e. The van der Waals surface area contributed by atoms with Crippen molar-refractivity contribution < 1.29 is 30.7 Å². The van der Waals surface area contributed by atoms with E-state index < -0.39 is 25.8 Å². The summed E-state index contributed by atoms with van der Waals surface area (Å²) in [6.45, 7) is 2.95. The number of ether oxygens (including phenoxy) is 2. The van der Waals surface area contributed by atoms with E-state index in [1.54, 1.807) is 6.92 Å². The highest BCUT2D eigenvalue weighted by Gasteiger charge is 2.28. The number of morpholine rings is 1. The SMILES string of the molecule is CCOc1ccc(S(=O)(=O)N2CCOCC2)cc1NS(=O)(=O)c1ccc2[nH]c(=O)oc2c1. The first-order chi connectivity index (χ1) is 15.2. The van der Waals surface area contributed by atoms with Gasteiger partial charge in [0, 0.05) is 19.2 Å². The standard InChI is InChI=1S/C19H21N3O8S2/c1-2-29-17-6-4-14(32(26,27)22-7-9-28-10-8-22)11-16(17)21-31(24,25)13-3-5-15-18(12-13)30-19(23)20-15/h3-6,11-12,21H,2,7-10H2,1H3,(H,20,23). The van der Waals surface area contributed by atoms with Gasteiger partial charge in [0.2, 0.25) is 10.0 Å². The fraction of sp³-hybridized carbons (Fsp3) is 0.316. The van der Waals surface area contributed by atoms with Gasteiger partial charge in [-0.1, -0.05) is 0 Å². The van der Waals surface area contributed by atoms with E-state index in [0.717, 1.165) is 0 Å². The summed E-state index contributed by atoms with van der Waals surface area (Å²) in [5.74, 6) is -0.534. The molecular weight excluding hydrogens is 462 g/mol. The molecule has 3 aromatic rings. The van der Waals surface area contributed by atoms with E-state index in [4.69, 9.17) is 13.9 Å². The molecule has 0 saturated carbocycles. The number of hydrogen-bond donors (Lipinski definition) is 2. The lowest BCUT2D eigenvalue weighted by atomic mass is 10.3. The third-order valence-corrected chi connectivity index (χ3v) is 8.06. The zero-order valence-corrected chi connectivity index (χ0v) is 18.7. The lowest BCUT2D eigenvalue weighted by Gasteiger charge is -2.26. The molecular formula is C19H21N3O8S2. The van der Waals surface area contributed by atoms with Crippen molar-refractivity contribution in [3.8, 4) is 5.75 Å². The van der Waals surface area contributed by atoms with Crippen molar-refractivity contribution in [3.63, 3.8) is 0 Å². The molecule has 0 aliphatic carbocycles. The van der Waals surface area contributed by atoms with Gasteiger partial charge in [-0.2, -0.15) is 4.31 Å². The minimum absolute atomic E-state index is 0.0307. The van der Waals surface area contributed by atoms with Crippen LogP contribution in [0.25, 0.3) is 11.1 Å². The Kier molecular flexibility index (Phi) is 5.99. The lowest BCUT2D eigenvalue weighted by molar-refractivity contribution is 0.0730. The second kappa shape index (κ2) is 8.58. The number of fused-ring (bicyclic) bond motifs is 1. The van der Waals surface area contributed by atoms with E-state index in [0.29, 0.717) is 5.52 Å². The first-order valence-electron chi connectivity index (χ1n) is 9.71. The van der Waals surface area contributed by atoms with E-state index >= 15 is 0 Å². The van der Waals surface area contributed by atoms with Crippen LogP contribution in [-0.4, -0.2) is 59.0 Å². The maximum absolute atomic E-state index is 13.0. The minimum atomic E-state index is -4.16. The molecule has 1 aromatic heterocycles. The molecule has 13 heteroatoms. The molecule has 1 saturated heterocycles. The zero-order chi connectivity index (χ0) is 22.9. The summed E-state index contributed by atoms with van der Waals surface area (Å²) >= 11 is 0. The Balaban J connectivity index is 1.71. The number of aromatic amines is 1. The number of oxazole rings is 1. The Morgan fingerprint density at radius 1 is 1.06 bits per heavy atom. The monoisotopic (exact) mass is 483 g/mol. The predicted molar refractivity (Wildman–Crippen MR) is 115 cm³/mol. The van der Waals surface area contributed by atoms with Crippen LogP contribution in [0.4, 0.5) is 5.69 Å². The van der Waals surface area contributed by atoms with Gasteiger partial charge in [-0.05, 0) is 37.3 Å². The Hall–Kier alpha value is -2.87. The summed E-state index contributed by atoms with van der Waals surface area (Å²) in [4.78, 5) is 13.5. The quantitative estimate of drug-likeness (QED) is 0.512. The molecule has 1 aliphatic heterocycles. The molecule has 172 valence electrons. The summed E-state index contributed by atoms with van der Waals surface area (Å²) < 4.78 is 71.3. The van der Waals surface area contributed by atoms with Gasteiger partial charge in [-0.15, -0.1) is 0 Å². The number of benzene rings is 2. The fourth-order valence-corrected chi connectivity index (χ4v) is 5.77. The minimum Gasteiger partial charge on any atom is -0.492 e. The molecule has 0 spiro atoms. The van der Waals surface area contributed by atoms with E-state index in [1.165, 1.54) is 40.7 Å². The average Bonchev–Trinajstić information content (AvgIpc) is 3.14. The van der Waals surface area contributed by atoms with Gasteiger partial charge in [-0.3, -0.25) is 9.71 Å². The van der Waals surface area contributed by atoms with Crippen molar-refractivity contribution >= 4 is 36.8 Å². The Bertz CT molecular complexity index is 1400. The van der Waals surface area contributed by atoms with Gasteiger partial charge >= 0.3 is 5.76 Å². The number of hydrogen-bond acceptors (Lipinski definition) is 8. The number of sulfonamides is 2. The summed E-state index contributed by atoms with van der Waals surface area (Å²) in [6, 6.07) is 7.89. The van der Waals surface area contributed by atoms with Gasteiger partial charge in [0.1, 0.15) is 5.75 Å². The van der Waals surface area contributed by atoms with Crippen LogP contribution in [-0.2, 0) is 24.8 Å². The van der Waals surface area contributed by atoms with E-state index in [9.17, 15) is 21.6 Å². The van der Waals surface area contributed by atoms with E-state index in [2.05, 4.69) is 9.71 Å². The topological polar surface area (TPSA) is 148 Å². The first kappa shape index (κ1) is 22.3. The van der Waals surface area contributed by atoms with Crippen molar-refractivity contribution in [2.24, 2.45) is 0 Å². The number of anilines is 1. The summed E-state index contributed by atoms with van der Waals surface area (Å²) in [6.07, 6.45) is 0. The first-order valence-corrected chi connectivity index (χ1v) is 12.6. The van der Waals surface area contributed by atoms with Crippen molar-refractivity contribution in [1.29, 1.82) is 0 Å². The number of H-pyrrole nitrogens is 1. The average molecular weight is 484 g/mol. The molecule has 4 rings (SSSR count). The van der Waals surface area contributed by atoms with Crippen LogP contribution in [0.3, 0.4) is 0 Å². The van der Waals surface area contributed by atoms with E-state index in [1.807, 2.05) is 0 Å². The van der Waals surface area contributed by atoms with Crippen LogP contribution in [0.2, 0.25) is 0 Å². The number of rotatable bonds is 7. The van der Waals surface area contributed by atoms with Gasteiger partial charge in [0.25, 0.3) is 10.0 Å². The summed E-state index contributed by atoms with van der Waals surface area (Å²) in [7, 11) is -8.01. The van der Waals surface area contributed by atoms with Crippen LogP contribution in [0.5, 0.6) is 5.75 Å². The van der Waals surface area contributed by atoms with Crippen molar-refractivity contribution in [1.82, 2.24) is 9.29 Å². The maximum Gasteiger partial charge on any atom is 0.417 e. The number of nitrogens with one attached hydrogen (secondary N) is 2. The lowest BCUT2D eigenvalue weighted by Crippen LogP contribution is -2.40. The Labute approximate surface area is 184 Å². The third kappa shape index (κ3) is 4.37. The summed E-state index contributed by atoms with van der Waals surface area (Å²) in [5, 5.41) is 0. The highest BCUT2D eigenvalue weighted by atomic mass is 32.2.